The van der Waals surface area contributed by atoms with Crippen LogP contribution in [0.3, 0.4) is 0 Å². The van der Waals surface area contributed by atoms with Crippen molar-refractivity contribution in [1.29, 1.82) is 0 Å². The van der Waals surface area contributed by atoms with E-state index in [1.807, 2.05) is 12.1 Å². The van der Waals surface area contributed by atoms with E-state index >= 15 is 0 Å². The number of nitrogens with one attached hydrogen (secondary N) is 1. The van der Waals surface area contributed by atoms with Crippen LogP contribution in [-0.4, -0.2) is 12.6 Å². The molecule has 0 atom stereocenters. The van der Waals surface area contributed by atoms with E-state index in [1.54, 1.807) is 30.4 Å². The molecule has 0 aliphatic rings. The summed E-state index contributed by atoms with van der Waals surface area (Å²) in [7, 11) is 0. The number of halogens is 1. The molecule has 3 nitrogen and oxygen atoms in total. The molecular formula is C14H14BrNO2S. The van der Waals surface area contributed by atoms with E-state index in [0.717, 1.165) is 16.7 Å². The molecule has 1 aromatic carbocycles. The average molecular weight is 340 g/mol. The van der Waals surface area contributed by atoms with Crippen molar-refractivity contribution in [3.8, 4) is 0 Å². The van der Waals surface area contributed by atoms with Gasteiger partial charge in [-0.25, -0.2) is 4.79 Å². The lowest BCUT2D eigenvalue weighted by Gasteiger charge is -2.09. The minimum Gasteiger partial charge on any atom is -0.462 e. The monoisotopic (exact) mass is 339 g/mol. The number of rotatable bonds is 5. The molecule has 0 unspecified atom stereocenters. The summed E-state index contributed by atoms with van der Waals surface area (Å²) in [4.78, 5) is 12.9. The van der Waals surface area contributed by atoms with Crippen LogP contribution in [0, 0.1) is 0 Å². The maximum atomic E-state index is 11.6. The summed E-state index contributed by atoms with van der Waals surface area (Å²) in [5, 5.41) is 5.38. The molecular weight excluding hydrogens is 326 g/mol. The third-order valence-corrected chi connectivity index (χ3v) is 4.05. The lowest BCUT2D eigenvalue weighted by molar-refractivity contribution is 0.0526. The van der Waals surface area contributed by atoms with Gasteiger partial charge in [-0.1, -0.05) is 6.07 Å². The van der Waals surface area contributed by atoms with Crippen molar-refractivity contribution in [1.82, 2.24) is 0 Å². The van der Waals surface area contributed by atoms with Crippen LogP contribution in [0.1, 0.15) is 22.2 Å². The van der Waals surface area contributed by atoms with Crippen molar-refractivity contribution >= 4 is 38.9 Å². The van der Waals surface area contributed by atoms with E-state index < -0.39 is 0 Å². The normalized spacial score (nSPS) is 10.2. The van der Waals surface area contributed by atoms with Gasteiger partial charge in [0.15, 0.2) is 0 Å². The van der Waals surface area contributed by atoms with Gasteiger partial charge in [0.25, 0.3) is 0 Å². The summed E-state index contributed by atoms with van der Waals surface area (Å²) in [6, 6.07) is 9.53. The predicted octanol–water partition coefficient (Wildman–Crippen LogP) is 4.30. The van der Waals surface area contributed by atoms with Crippen LogP contribution >= 0.6 is 27.3 Å². The maximum absolute atomic E-state index is 11.6. The molecule has 2 rings (SSSR count). The molecule has 0 saturated carbocycles. The van der Waals surface area contributed by atoms with Gasteiger partial charge in [0.1, 0.15) is 0 Å². The first-order chi connectivity index (χ1) is 9.20. The molecule has 1 N–H and O–H groups in total. The molecule has 0 saturated heterocycles. The van der Waals surface area contributed by atoms with Crippen molar-refractivity contribution in [3.63, 3.8) is 0 Å². The number of benzene rings is 1. The number of hydrogen-bond acceptors (Lipinski definition) is 4. The first-order valence-electron chi connectivity index (χ1n) is 5.93. The number of thiophene rings is 1. The summed E-state index contributed by atoms with van der Waals surface area (Å²) in [5.41, 5.74) is 1.51. The molecule has 0 spiro atoms. The van der Waals surface area contributed by atoms with E-state index in [9.17, 15) is 4.79 Å². The van der Waals surface area contributed by atoms with E-state index in [-0.39, 0.29) is 5.97 Å². The highest BCUT2D eigenvalue weighted by atomic mass is 79.9. The van der Waals surface area contributed by atoms with Gasteiger partial charge in [0.2, 0.25) is 0 Å². The highest BCUT2D eigenvalue weighted by Gasteiger charge is 2.09. The number of carbonyl (C=O) groups is 1. The van der Waals surface area contributed by atoms with Gasteiger partial charge < -0.3 is 10.1 Å². The van der Waals surface area contributed by atoms with Gasteiger partial charge in [0, 0.05) is 21.6 Å². The molecule has 100 valence electrons. The minimum atomic E-state index is -0.298. The molecule has 19 heavy (non-hydrogen) atoms. The number of esters is 1. The molecule has 0 aliphatic carbocycles. The fraction of sp³-hybridized carbons (Fsp3) is 0.214. The van der Waals surface area contributed by atoms with Gasteiger partial charge in [-0.15, -0.1) is 11.3 Å². The Morgan fingerprint density at radius 2 is 2.26 bits per heavy atom. The molecule has 0 amide bonds. The summed E-state index contributed by atoms with van der Waals surface area (Å²) in [6.07, 6.45) is 0. The van der Waals surface area contributed by atoms with Crippen molar-refractivity contribution < 1.29 is 9.53 Å². The smallest absolute Gasteiger partial charge is 0.338 e. The summed E-state index contributed by atoms with van der Waals surface area (Å²) >= 11 is 5.17. The quantitative estimate of drug-likeness (QED) is 0.825. The van der Waals surface area contributed by atoms with Crippen LogP contribution in [-0.2, 0) is 11.3 Å². The Balaban J connectivity index is 2.04. The largest absolute Gasteiger partial charge is 0.462 e. The van der Waals surface area contributed by atoms with Crippen LogP contribution < -0.4 is 5.32 Å². The fourth-order valence-corrected chi connectivity index (χ4v) is 2.76. The van der Waals surface area contributed by atoms with Crippen LogP contribution in [0.4, 0.5) is 5.69 Å². The van der Waals surface area contributed by atoms with Crippen molar-refractivity contribution in [2.75, 3.05) is 11.9 Å². The van der Waals surface area contributed by atoms with Crippen LogP contribution in [0.2, 0.25) is 0 Å². The lowest BCUT2D eigenvalue weighted by atomic mass is 10.2. The summed E-state index contributed by atoms with van der Waals surface area (Å²) in [5.74, 6) is -0.298. The molecule has 0 bridgehead atoms. The molecule has 0 fully saturated rings. The Morgan fingerprint density at radius 1 is 1.42 bits per heavy atom. The van der Waals surface area contributed by atoms with Gasteiger partial charge in [-0.05, 0) is 52.5 Å². The van der Waals surface area contributed by atoms with Crippen LogP contribution in [0.15, 0.2) is 40.2 Å². The second-order valence-electron chi connectivity index (χ2n) is 3.85. The molecule has 2 aromatic rings. The Bertz CT molecular complexity index is 555. The van der Waals surface area contributed by atoms with Crippen LogP contribution in [0.5, 0.6) is 0 Å². The number of carbonyl (C=O) groups excluding carboxylic acids is 1. The zero-order valence-corrected chi connectivity index (χ0v) is 12.9. The average Bonchev–Trinajstić information content (AvgIpc) is 2.90. The number of anilines is 1. The van der Waals surface area contributed by atoms with E-state index in [1.165, 1.54) is 4.88 Å². The molecule has 5 heteroatoms. The first kappa shape index (κ1) is 14.1. The molecule has 0 radical (unpaired) electrons. The summed E-state index contributed by atoms with van der Waals surface area (Å²) < 4.78 is 5.82. The summed E-state index contributed by atoms with van der Waals surface area (Å²) in [6.45, 7) is 2.95. The number of ether oxygens (including phenoxy) is 1. The maximum Gasteiger partial charge on any atom is 0.338 e. The second kappa shape index (κ2) is 6.73. The second-order valence-corrected chi connectivity index (χ2v) is 5.73. The van der Waals surface area contributed by atoms with Gasteiger partial charge in [-0.2, -0.15) is 0 Å². The van der Waals surface area contributed by atoms with Crippen LogP contribution in [0.25, 0.3) is 0 Å². The highest BCUT2D eigenvalue weighted by molar-refractivity contribution is 9.10. The van der Waals surface area contributed by atoms with Crippen molar-refractivity contribution in [2.45, 2.75) is 13.5 Å². The van der Waals surface area contributed by atoms with Gasteiger partial charge >= 0.3 is 5.97 Å². The van der Waals surface area contributed by atoms with Gasteiger partial charge in [0.05, 0.1) is 12.2 Å². The zero-order chi connectivity index (χ0) is 13.7. The van der Waals surface area contributed by atoms with Gasteiger partial charge in [-0.3, -0.25) is 0 Å². The molecule has 1 aromatic heterocycles. The fourth-order valence-electron chi connectivity index (χ4n) is 1.60. The zero-order valence-electron chi connectivity index (χ0n) is 10.5. The van der Waals surface area contributed by atoms with E-state index in [4.69, 9.17) is 4.74 Å². The Kier molecular flexibility index (Phi) is 4.99. The Hall–Kier alpha value is -1.33. The van der Waals surface area contributed by atoms with E-state index in [2.05, 4.69) is 32.7 Å². The number of hydrogen-bond donors (Lipinski definition) is 1. The third-order valence-electron chi connectivity index (χ3n) is 2.51. The Morgan fingerprint density at radius 3 is 2.89 bits per heavy atom. The first-order valence-corrected chi connectivity index (χ1v) is 7.61. The standard InChI is InChI=1S/C14H14BrNO2S/c1-2-18-14(17)10-5-6-13(12(15)8-10)16-9-11-4-3-7-19-11/h3-8,16H,2,9H2,1H3. The van der Waals surface area contributed by atoms with Crippen molar-refractivity contribution in [3.05, 3.63) is 50.6 Å². The SMILES string of the molecule is CCOC(=O)c1ccc(NCc2cccs2)c(Br)c1. The third kappa shape index (κ3) is 3.81. The Labute approximate surface area is 124 Å². The molecule has 1 heterocycles. The van der Waals surface area contributed by atoms with Crippen molar-refractivity contribution in [2.24, 2.45) is 0 Å². The topological polar surface area (TPSA) is 38.3 Å². The molecule has 0 aliphatic heterocycles. The minimum absolute atomic E-state index is 0.298. The van der Waals surface area contributed by atoms with E-state index in [0.29, 0.717) is 12.2 Å². The lowest BCUT2D eigenvalue weighted by Crippen LogP contribution is -2.05. The predicted molar refractivity (Wildman–Crippen MR) is 81.7 cm³/mol. The highest BCUT2D eigenvalue weighted by Crippen LogP contribution is 2.25.